The van der Waals surface area contributed by atoms with Crippen LogP contribution in [0.4, 0.5) is 0 Å². The largest absolute Gasteiger partial charge is 0.309 e. The van der Waals surface area contributed by atoms with Crippen LogP contribution >= 0.6 is 0 Å². The third-order valence-corrected chi connectivity index (χ3v) is 15.8. The van der Waals surface area contributed by atoms with Crippen molar-refractivity contribution in [3.8, 4) is 23.1 Å². The molecule has 8 aromatic carbocycles. The highest BCUT2D eigenvalue weighted by Gasteiger charge is 2.27. The van der Waals surface area contributed by atoms with Gasteiger partial charge in [-0.2, -0.15) is 5.26 Å². The molecule has 0 bridgehead atoms. The predicted molar refractivity (Wildman–Crippen MR) is 289 cm³/mol. The molecule has 13 rings (SSSR count). The van der Waals surface area contributed by atoms with Crippen molar-refractivity contribution in [2.24, 2.45) is 0 Å². The van der Waals surface area contributed by atoms with Gasteiger partial charge in [-0.3, -0.25) is 0 Å². The number of rotatable bonds is 8. The van der Waals surface area contributed by atoms with Crippen LogP contribution in [0.5, 0.6) is 0 Å². The van der Waals surface area contributed by atoms with E-state index in [0.717, 1.165) is 106 Å². The molecule has 0 atom stereocenters. The third-order valence-electron chi connectivity index (χ3n) is 14.1. The maximum atomic E-state index is 15.2. The van der Waals surface area contributed by atoms with Gasteiger partial charge in [-0.15, -0.1) is 0 Å². The highest BCUT2D eigenvalue weighted by molar-refractivity contribution is 7.91. The number of hydrogen-bond acceptors (Lipinski definition) is 3. The molecule has 0 amide bonds. The monoisotopic (exact) mass is 921 g/mol. The number of allylic oxidation sites excluding steroid dienone is 5. The van der Waals surface area contributed by atoms with Crippen molar-refractivity contribution in [2.75, 3.05) is 0 Å². The molecule has 0 N–H and O–H groups in total. The first-order valence-corrected chi connectivity index (χ1v) is 25.0. The van der Waals surface area contributed by atoms with Gasteiger partial charge in [0.1, 0.15) is 0 Å². The van der Waals surface area contributed by atoms with Crippen LogP contribution in [0.25, 0.3) is 111 Å². The van der Waals surface area contributed by atoms with Gasteiger partial charge in [-0.05, 0) is 111 Å². The van der Waals surface area contributed by atoms with Gasteiger partial charge < -0.3 is 18.3 Å². The van der Waals surface area contributed by atoms with E-state index in [1.165, 1.54) is 11.5 Å². The van der Waals surface area contributed by atoms with Gasteiger partial charge in [-0.1, -0.05) is 122 Å². The Morgan fingerprint density at radius 1 is 0.543 bits per heavy atom. The van der Waals surface area contributed by atoms with E-state index in [1.54, 1.807) is 30.3 Å². The second-order valence-corrected chi connectivity index (χ2v) is 19.8. The molecular formula is C62H43N5O2S. The van der Waals surface area contributed by atoms with Crippen LogP contribution in [-0.2, 0) is 9.84 Å². The quantitative estimate of drug-likeness (QED) is 0.152. The van der Waals surface area contributed by atoms with E-state index in [9.17, 15) is 5.26 Å². The summed E-state index contributed by atoms with van der Waals surface area (Å²) in [4.78, 5) is 0.160. The molecule has 0 fully saturated rings. The Balaban J connectivity index is 1.17. The van der Waals surface area contributed by atoms with Crippen molar-refractivity contribution < 1.29 is 8.42 Å². The molecule has 4 aromatic heterocycles. The maximum Gasteiger partial charge on any atom is 0.206 e. The van der Waals surface area contributed by atoms with Gasteiger partial charge >= 0.3 is 0 Å². The first-order valence-electron chi connectivity index (χ1n) is 23.5. The highest BCUT2D eigenvalue weighted by atomic mass is 32.2. The molecule has 334 valence electrons. The third kappa shape index (κ3) is 5.95. The summed E-state index contributed by atoms with van der Waals surface area (Å²) in [6.07, 6.45) is 14.9. The van der Waals surface area contributed by atoms with Gasteiger partial charge in [0.15, 0.2) is 0 Å². The Hall–Kier alpha value is -8.90. The predicted octanol–water partition coefficient (Wildman–Crippen LogP) is 15.5. The molecule has 8 heteroatoms. The number of para-hydroxylation sites is 4. The molecular weight excluding hydrogens is 879 g/mol. The lowest BCUT2D eigenvalue weighted by Crippen LogP contribution is -2.07. The summed E-state index contributed by atoms with van der Waals surface area (Å²) in [6.45, 7) is 6.32. The number of benzene rings is 8. The van der Waals surface area contributed by atoms with E-state index in [2.05, 4.69) is 177 Å². The molecule has 7 nitrogen and oxygen atoms in total. The number of nitrogens with zero attached hydrogens (tertiary/aromatic N) is 5. The Kier molecular flexibility index (Phi) is 9.35. The molecule has 4 heterocycles. The summed E-state index contributed by atoms with van der Waals surface area (Å²) in [5.41, 5.74) is 12.8. The second-order valence-electron chi connectivity index (χ2n) is 17.9. The van der Waals surface area contributed by atoms with Crippen molar-refractivity contribution in [3.63, 3.8) is 0 Å². The zero-order chi connectivity index (χ0) is 47.3. The Bertz CT molecular complexity index is 4470. The van der Waals surface area contributed by atoms with E-state index in [-0.39, 0.29) is 15.4 Å². The summed E-state index contributed by atoms with van der Waals surface area (Å²) in [6, 6.07) is 58.6. The van der Waals surface area contributed by atoms with Crippen molar-refractivity contribution >= 4 is 104 Å². The molecule has 0 spiro atoms. The molecule has 0 aliphatic heterocycles. The molecule has 0 saturated carbocycles. The summed E-state index contributed by atoms with van der Waals surface area (Å²) < 4.78 is 39.6. The number of hydrogen-bond donors (Lipinski definition) is 0. The van der Waals surface area contributed by atoms with E-state index in [1.807, 2.05) is 31.2 Å². The highest BCUT2D eigenvalue weighted by Crippen LogP contribution is 2.45. The van der Waals surface area contributed by atoms with Crippen LogP contribution in [-0.4, -0.2) is 26.7 Å². The van der Waals surface area contributed by atoms with Crippen molar-refractivity contribution in [2.45, 2.75) is 29.6 Å². The lowest BCUT2D eigenvalue weighted by Gasteiger charge is -2.16. The Morgan fingerprint density at radius 2 is 1.14 bits per heavy atom. The number of fused-ring (bicyclic) bond motifs is 12. The summed E-state index contributed by atoms with van der Waals surface area (Å²) in [7, 11) is -4.19. The number of nitriles is 1. The Morgan fingerprint density at radius 3 is 1.76 bits per heavy atom. The van der Waals surface area contributed by atoms with Gasteiger partial charge in [0, 0.05) is 66.0 Å². The average Bonchev–Trinajstić information content (AvgIpc) is 4.13. The van der Waals surface area contributed by atoms with Crippen molar-refractivity contribution in [1.82, 2.24) is 18.3 Å². The smallest absolute Gasteiger partial charge is 0.206 e. The molecule has 0 radical (unpaired) electrons. The molecule has 0 saturated heterocycles. The van der Waals surface area contributed by atoms with Gasteiger partial charge in [-0.25, -0.2) is 8.42 Å². The summed E-state index contributed by atoms with van der Waals surface area (Å²) in [5.74, 6) is 0. The molecule has 1 aliphatic rings. The van der Waals surface area contributed by atoms with E-state index in [4.69, 9.17) is 0 Å². The zero-order valence-corrected chi connectivity index (χ0v) is 39.0. The molecule has 70 heavy (non-hydrogen) atoms. The average molecular weight is 922 g/mol. The summed E-state index contributed by atoms with van der Waals surface area (Å²) >= 11 is 0. The first-order chi connectivity index (χ1) is 34.4. The van der Waals surface area contributed by atoms with Gasteiger partial charge in [0.05, 0.1) is 65.7 Å². The van der Waals surface area contributed by atoms with Gasteiger partial charge in [0.25, 0.3) is 0 Å². The zero-order valence-electron chi connectivity index (χ0n) is 38.2. The van der Waals surface area contributed by atoms with Crippen LogP contribution in [0.2, 0.25) is 0 Å². The maximum absolute atomic E-state index is 15.2. The lowest BCUT2D eigenvalue weighted by atomic mass is 10.1. The van der Waals surface area contributed by atoms with E-state index in [0.29, 0.717) is 11.4 Å². The fraction of sp³-hybridized carbons (Fsp3) is 0.0484. The molecule has 12 aromatic rings. The lowest BCUT2D eigenvalue weighted by molar-refractivity contribution is 0.596. The molecule has 1 aliphatic carbocycles. The minimum atomic E-state index is -4.19. The summed E-state index contributed by atoms with van der Waals surface area (Å²) in [5, 5.41) is 17.5. The van der Waals surface area contributed by atoms with Crippen molar-refractivity contribution in [3.05, 3.63) is 218 Å². The van der Waals surface area contributed by atoms with Gasteiger partial charge in [0.2, 0.25) is 9.84 Å². The minimum absolute atomic E-state index is 0.0509. The van der Waals surface area contributed by atoms with E-state index >= 15 is 8.42 Å². The standard InChI is InChI=1S/C62H43N5O2S/c1-3-18-53-47(4-2)49-31-33-57-59(61(49)66(53)41-20-7-5-8-21-41)51-26-12-15-29-55(51)64(57)43-36-44(38-46(37-43)70(68,69)45-24-17-19-40(35-45)39-63)65-56-30-16-13-27-52(56)60-58(65)34-32-50-48-25-11-14-28-54(48)67(62(50)60)42-22-9-6-10-23-42/h3-5,7-9,11-38H,2,6,10H2,1H3/b18-3-. The first kappa shape index (κ1) is 41.3. The topological polar surface area (TPSA) is 77.7 Å². The number of aromatic nitrogens is 4. The van der Waals surface area contributed by atoms with Crippen LogP contribution in [0.15, 0.2) is 211 Å². The number of sulfone groups is 1. The van der Waals surface area contributed by atoms with Crippen LogP contribution < -0.4 is 0 Å². The fourth-order valence-electron chi connectivity index (χ4n) is 11.2. The van der Waals surface area contributed by atoms with Crippen LogP contribution in [0, 0.1) is 11.3 Å². The van der Waals surface area contributed by atoms with Crippen LogP contribution in [0.3, 0.4) is 0 Å². The minimum Gasteiger partial charge on any atom is -0.309 e. The molecule has 0 unspecified atom stereocenters. The van der Waals surface area contributed by atoms with Crippen molar-refractivity contribution in [1.29, 1.82) is 5.26 Å². The Labute approximate surface area is 404 Å². The fourth-order valence-corrected chi connectivity index (χ4v) is 12.6. The van der Waals surface area contributed by atoms with Crippen LogP contribution in [0.1, 0.15) is 36.6 Å². The SMILES string of the molecule is C=Cc1c(/C=C\C)n(-c2ccccc2)c2c1ccc1c2c2ccccc2n1-c1cc(-n2c3ccccc3c3c4c(ccc32)c2ccccc2n4C2=CCCC=C2)cc(S(=O)(=O)c2cccc(C#N)c2)c1. The normalized spacial score (nSPS) is 13.2. The second kappa shape index (κ2) is 15.8. The van der Waals surface area contributed by atoms with E-state index < -0.39 is 9.84 Å².